The first-order chi connectivity index (χ1) is 8.85. The SMILES string of the molecule is Cc1ncc(C(O)c2cccc(OC(F)(F)F)c2)s1. The fraction of sp³-hybridized carbons (Fsp3) is 0.250. The third-order valence-electron chi connectivity index (χ3n) is 2.32. The van der Waals surface area contributed by atoms with Crippen LogP contribution in [0.5, 0.6) is 5.75 Å². The highest BCUT2D eigenvalue weighted by Gasteiger charge is 2.31. The second kappa shape index (κ2) is 5.18. The first-order valence-electron chi connectivity index (χ1n) is 5.31. The zero-order chi connectivity index (χ0) is 14.0. The van der Waals surface area contributed by atoms with Crippen LogP contribution in [0.3, 0.4) is 0 Å². The Morgan fingerprint density at radius 3 is 2.68 bits per heavy atom. The number of aliphatic hydroxyl groups excluding tert-OH is 1. The van der Waals surface area contributed by atoms with Gasteiger partial charge in [-0.2, -0.15) is 0 Å². The van der Waals surface area contributed by atoms with Crippen molar-refractivity contribution in [3.8, 4) is 5.75 Å². The van der Waals surface area contributed by atoms with Crippen molar-refractivity contribution >= 4 is 11.3 Å². The number of nitrogens with zero attached hydrogens (tertiary/aromatic N) is 1. The van der Waals surface area contributed by atoms with Gasteiger partial charge < -0.3 is 9.84 Å². The monoisotopic (exact) mass is 289 g/mol. The molecular formula is C12H10F3NO2S. The van der Waals surface area contributed by atoms with Gasteiger partial charge in [0.25, 0.3) is 0 Å². The van der Waals surface area contributed by atoms with Crippen molar-refractivity contribution in [1.82, 2.24) is 4.98 Å². The molecule has 0 spiro atoms. The van der Waals surface area contributed by atoms with Crippen molar-refractivity contribution in [2.45, 2.75) is 19.4 Å². The molecule has 1 aromatic carbocycles. The Bertz CT molecular complexity index is 568. The number of thiazole rings is 1. The molecule has 0 saturated heterocycles. The Morgan fingerprint density at radius 2 is 2.11 bits per heavy atom. The molecule has 7 heteroatoms. The lowest BCUT2D eigenvalue weighted by atomic mass is 10.1. The standard InChI is InChI=1S/C12H10F3NO2S/c1-7-16-6-10(19-7)11(17)8-3-2-4-9(5-8)18-12(13,14)15/h2-6,11,17H,1H3. The Kier molecular flexibility index (Phi) is 3.77. The minimum atomic E-state index is -4.75. The van der Waals surface area contributed by atoms with E-state index in [1.54, 1.807) is 6.92 Å². The maximum Gasteiger partial charge on any atom is 0.573 e. The van der Waals surface area contributed by atoms with Crippen LogP contribution in [-0.2, 0) is 0 Å². The number of hydrogen-bond acceptors (Lipinski definition) is 4. The molecule has 102 valence electrons. The lowest BCUT2D eigenvalue weighted by Crippen LogP contribution is -2.17. The van der Waals surface area contributed by atoms with Crippen LogP contribution in [0.2, 0.25) is 0 Å². The average molecular weight is 289 g/mol. The predicted molar refractivity (Wildman–Crippen MR) is 64.0 cm³/mol. The summed E-state index contributed by atoms with van der Waals surface area (Å²) < 4.78 is 40.1. The number of alkyl halides is 3. The molecule has 1 N–H and O–H groups in total. The highest BCUT2D eigenvalue weighted by molar-refractivity contribution is 7.11. The van der Waals surface area contributed by atoms with Crippen molar-refractivity contribution in [3.05, 3.63) is 45.9 Å². The van der Waals surface area contributed by atoms with E-state index in [1.807, 2.05) is 0 Å². The van der Waals surface area contributed by atoms with Crippen molar-refractivity contribution < 1.29 is 23.0 Å². The molecule has 1 unspecified atom stereocenters. The van der Waals surface area contributed by atoms with Crippen molar-refractivity contribution in [3.63, 3.8) is 0 Å². The van der Waals surface area contributed by atoms with Gasteiger partial charge in [-0.15, -0.1) is 24.5 Å². The second-order valence-corrected chi connectivity index (χ2v) is 5.07. The number of aromatic nitrogens is 1. The van der Waals surface area contributed by atoms with E-state index in [4.69, 9.17) is 0 Å². The number of aliphatic hydroxyl groups is 1. The van der Waals surface area contributed by atoms with Crippen molar-refractivity contribution in [2.75, 3.05) is 0 Å². The molecule has 0 saturated carbocycles. The van der Waals surface area contributed by atoms with Gasteiger partial charge in [-0.25, -0.2) is 4.98 Å². The Hall–Kier alpha value is -1.60. The van der Waals surface area contributed by atoms with E-state index in [-0.39, 0.29) is 5.75 Å². The van der Waals surface area contributed by atoms with Crippen LogP contribution in [0.25, 0.3) is 0 Å². The molecule has 1 heterocycles. The van der Waals surface area contributed by atoms with Gasteiger partial charge in [-0.3, -0.25) is 0 Å². The molecule has 2 rings (SSSR count). The third kappa shape index (κ3) is 3.68. The van der Waals surface area contributed by atoms with Gasteiger partial charge in [0.15, 0.2) is 0 Å². The zero-order valence-corrected chi connectivity index (χ0v) is 10.6. The Labute approximate surface area is 111 Å². The summed E-state index contributed by atoms with van der Waals surface area (Å²) in [6.45, 7) is 1.78. The topological polar surface area (TPSA) is 42.4 Å². The predicted octanol–water partition coefficient (Wildman–Crippen LogP) is 3.43. The first-order valence-corrected chi connectivity index (χ1v) is 6.13. The summed E-state index contributed by atoms with van der Waals surface area (Å²) in [5.74, 6) is -0.356. The molecule has 0 fully saturated rings. The van der Waals surface area contributed by atoms with E-state index in [9.17, 15) is 18.3 Å². The molecule has 1 aromatic heterocycles. The third-order valence-corrected chi connectivity index (χ3v) is 3.28. The molecule has 0 aliphatic carbocycles. The van der Waals surface area contributed by atoms with Gasteiger partial charge in [0.2, 0.25) is 0 Å². The quantitative estimate of drug-likeness (QED) is 0.941. The smallest absolute Gasteiger partial charge is 0.406 e. The molecule has 0 amide bonds. The first kappa shape index (κ1) is 13.8. The number of halogens is 3. The van der Waals surface area contributed by atoms with E-state index in [1.165, 1.54) is 35.7 Å². The molecular weight excluding hydrogens is 279 g/mol. The van der Waals surface area contributed by atoms with Gasteiger partial charge in [0.05, 0.1) is 9.88 Å². The van der Waals surface area contributed by atoms with E-state index in [0.717, 1.165) is 11.1 Å². The van der Waals surface area contributed by atoms with Crippen molar-refractivity contribution in [2.24, 2.45) is 0 Å². The van der Waals surface area contributed by atoms with Crippen LogP contribution in [0.15, 0.2) is 30.5 Å². The molecule has 0 bridgehead atoms. The molecule has 0 aliphatic rings. The number of aryl methyl sites for hydroxylation is 1. The van der Waals surface area contributed by atoms with Gasteiger partial charge in [0.1, 0.15) is 11.9 Å². The number of rotatable bonds is 3. The molecule has 1 atom stereocenters. The van der Waals surface area contributed by atoms with Crippen LogP contribution in [0.1, 0.15) is 21.6 Å². The summed E-state index contributed by atoms with van der Waals surface area (Å²) in [7, 11) is 0. The maximum absolute atomic E-state index is 12.1. The highest BCUT2D eigenvalue weighted by atomic mass is 32.1. The van der Waals surface area contributed by atoms with Crippen LogP contribution < -0.4 is 4.74 Å². The fourth-order valence-corrected chi connectivity index (χ4v) is 2.35. The molecule has 0 aliphatic heterocycles. The van der Waals surface area contributed by atoms with Crippen molar-refractivity contribution in [1.29, 1.82) is 0 Å². The van der Waals surface area contributed by atoms with E-state index in [2.05, 4.69) is 9.72 Å². The summed E-state index contributed by atoms with van der Waals surface area (Å²) in [5, 5.41) is 10.8. The van der Waals surface area contributed by atoms with Crippen LogP contribution >= 0.6 is 11.3 Å². The molecule has 3 nitrogen and oxygen atoms in total. The summed E-state index contributed by atoms with van der Waals surface area (Å²) >= 11 is 1.29. The van der Waals surface area contributed by atoms with Gasteiger partial charge >= 0.3 is 6.36 Å². The Morgan fingerprint density at radius 1 is 1.37 bits per heavy atom. The Balaban J connectivity index is 2.23. The van der Waals surface area contributed by atoms with E-state index < -0.39 is 12.5 Å². The molecule has 19 heavy (non-hydrogen) atoms. The lowest BCUT2D eigenvalue weighted by Gasteiger charge is -2.12. The second-order valence-electron chi connectivity index (χ2n) is 3.80. The van der Waals surface area contributed by atoms with Crippen LogP contribution in [0, 0.1) is 6.92 Å². The average Bonchev–Trinajstić information content (AvgIpc) is 2.73. The lowest BCUT2D eigenvalue weighted by molar-refractivity contribution is -0.274. The molecule has 0 radical (unpaired) electrons. The minimum absolute atomic E-state index is 0.324. The summed E-state index contributed by atoms with van der Waals surface area (Å²) in [6.07, 6.45) is -4.25. The number of benzene rings is 1. The normalized spacial score (nSPS) is 13.3. The zero-order valence-electron chi connectivity index (χ0n) is 9.81. The summed E-state index contributed by atoms with van der Waals surface area (Å²) in [5.41, 5.74) is 0.324. The maximum atomic E-state index is 12.1. The van der Waals surface area contributed by atoms with Gasteiger partial charge in [-0.1, -0.05) is 12.1 Å². The van der Waals surface area contributed by atoms with Gasteiger partial charge in [0, 0.05) is 6.20 Å². The number of hydrogen-bond donors (Lipinski definition) is 1. The fourth-order valence-electron chi connectivity index (χ4n) is 1.55. The van der Waals surface area contributed by atoms with Gasteiger partial charge in [-0.05, 0) is 24.6 Å². The summed E-state index contributed by atoms with van der Waals surface area (Å²) in [6, 6.07) is 5.27. The molecule has 2 aromatic rings. The summed E-state index contributed by atoms with van der Waals surface area (Å²) in [4.78, 5) is 4.56. The van der Waals surface area contributed by atoms with Crippen LogP contribution in [0.4, 0.5) is 13.2 Å². The number of ether oxygens (including phenoxy) is 1. The van der Waals surface area contributed by atoms with E-state index in [0.29, 0.717) is 10.4 Å². The van der Waals surface area contributed by atoms with Crippen LogP contribution in [-0.4, -0.2) is 16.5 Å². The minimum Gasteiger partial charge on any atom is -0.406 e. The largest absolute Gasteiger partial charge is 0.573 e. The van der Waals surface area contributed by atoms with E-state index >= 15 is 0 Å². The highest BCUT2D eigenvalue weighted by Crippen LogP contribution is 2.30.